The van der Waals surface area contributed by atoms with Gasteiger partial charge in [-0.3, -0.25) is 4.79 Å². The molecule has 1 amide bonds. The number of carbonyl (C=O) groups is 1. The zero-order valence-electron chi connectivity index (χ0n) is 10.5. The van der Waals surface area contributed by atoms with Crippen LogP contribution in [0.4, 0.5) is 22.0 Å². The predicted octanol–water partition coefficient (Wildman–Crippen LogP) is 2.12. The number of nitrogens with one attached hydrogen (secondary N) is 2. The molecule has 0 heterocycles. The topological polar surface area (TPSA) is 41.1 Å². The lowest BCUT2D eigenvalue weighted by Gasteiger charge is -2.15. The summed E-state index contributed by atoms with van der Waals surface area (Å²) in [7, 11) is 0. The summed E-state index contributed by atoms with van der Waals surface area (Å²) in [5.74, 6) is -2.38. The molecule has 0 aliphatic heterocycles. The SMILES string of the molecule is CC(NCc1ccc(F)cc1F)C(=O)NCC(F)(F)F. The Labute approximate surface area is 112 Å². The van der Waals surface area contributed by atoms with E-state index < -0.39 is 36.3 Å². The second-order valence-electron chi connectivity index (χ2n) is 4.17. The van der Waals surface area contributed by atoms with Crippen molar-refractivity contribution in [3.8, 4) is 0 Å². The quantitative estimate of drug-likeness (QED) is 0.817. The van der Waals surface area contributed by atoms with E-state index in [1.54, 1.807) is 5.32 Å². The summed E-state index contributed by atoms with van der Waals surface area (Å²) in [6.45, 7) is -0.192. The Morgan fingerprint density at radius 2 is 1.95 bits per heavy atom. The minimum Gasteiger partial charge on any atom is -0.346 e. The Kier molecular flexibility index (Phi) is 5.43. The van der Waals surface area contributed by atoms with Crippen LogP contribution in [0.25, 0.3) is 0 Å². The standard InChI is InChI=1S/C12H13F5N2O/c1-7(11(20)19-6-12(15,16)17)18-5-8-2-3-9(13)4-10(8)14/h2-4,7,18H,5-6H2,1H3,(H,19,20). The molecule has 0 aliphatic carbocycles. The predicted molar refractivity (Wildman–Crippen MR) is 61.7 cm³/mol. The summed E-state index contributed by atoms with van der Waals surface area (Å²) in [4.78, 5) is 11.3. The van der Waals surface area contributed by atoms with E-state index in [0.29, 0.717) is 6.07 Å². The molecule has 0 aromatic heterocycles. The Bertz CT molecular complexity index is 475. The average molecular weight is 296 g/mol. The van der Waals surface area contributed by atoms with Crippen molar-refractivity contribution in [1.29, 1.82) is 0 Å². The van der Waals surface area contributed by atoms with Gasteiger partial charge < -0.3 is 10.6 Å². The second-order valence-corrected chi connectivity index (χ2v) is 4.17. The van der Waals surface area contributed by atoms with Gasteiger partial charge in [-0.05, 0) is 13.0 Å². The van der Waals surface area contributed by atoms with Gasteiger partial charge in [0.25, 0.3) is 0 Å². The molecule has 0 bridgehead atoms. The molecule has 3 nitrogen and oxygen atoms in total. The molecule has 1 rings (SSSR count). The first-order valence-corrected chi connectivity index (χ1v) is 5.71. The van der Waals surface area contributed by atoms with E-state index in [1.165, 1.54) is 13.0 Å². The molecular weight excluding hydrogens is 283 g/mol. The first kappa shape index (κ1) is 16.4. The third-order valence-corrected chi connectivity index (χ3v) is 2.47. The van der Waals surface area contributed by atoms with Crippen molar-refractivity contribution in [2.75, 3.05) is 6.54 Å². The van der Waals surface area contributed by atoms with Crippen LogP contribution in [0.2, 0.25) is 0 Å². The molecule has 1 aromatic rings. The van der Waals surface area contributed by atoms with E-state index in [1.807, 2.05) is 0 Å². The van der Waals surface area contributed by atoms with Gasteiger partial charge >= 0.3 is 6.18 Å². The molecule has 0 saturated carbocycles. The van der Waals surface area contributed by atoms with Crippen LogP contribution in [0.5, 0.6) is 0 Å². The minimum absolute atomic E-state index is 0.104. The van der Waals surface area contributed by atoms with Crippen LogP contribution in [-0.2, 0) is 11.3 Å². The molecule has 1 aromatic carbocycles. The van der Waals surface area contributed by atoms with Crippen LogP contribution in [-0.4, -0.2) is 24.7 Å². The number of rotatable bonds is 5. The zero-order chi connectivity index (χ0) is 15.3. The maximum absolute atomic E-state index is 13.3. The fourth-order valence-corrected chi connectivity index (χ4v) is 1.36. The van der Waals surface area contributed by atoms with E-state index in [0.717, 1.165) is 6.07 Å². The Morgan fingerprint density at radius 3 is 2.50 bits per heavy atom. The van der Waals surface area contributed by atoms with Crippen LogP contribution in [0.3, 0.4) is 0 Å². The monoisotopic (exact) mass is 296 g/mol. The number of halogens is 5. The highest BCUT2D eigenvalue weighted by atomic mass is 19.4. The maximum Gasteiger partial charge on any atom is 0.405 e. The minimum atomic E-state index is -4.49. The van der Waals surface area contributed by atoms with Crippen molar-refractivity contribution >= 4 is 5.91 Å². The Balaban J connectivity index is 2.46. The van der Waals surface area contributed by atoms with Crippen molar-refractivity contribution in [3.05, 3.63) is 35.4 Å². The lowest BCUT2D eigenvalue weighted by Crippen LogP contribution is -2.45. The Morgan fingerprint density at radius 1 is 1.30 bits per heavy atom. The van der Waals surface area contributed by atoms with E-state index in [9.17, 15) is 26.7 Å². The summed E-state index contributed by atoms with van der Waals surface area (Å²) in [5.41, 5.74) is 0.113. The van der Waals surface area contributed by atoms with Gasteiger partial charge in [-0.2, -0.15) is 13.2 Å². The smallest absolute Gasteiger partial charge is 0.346 e. The summed E-state index contributed by atoms with van der Waals surface area (Å²) < 4.78 is 61.6. The van der Waals surface area contributed by atoms with Crippen molar-refractivity contribution in [1.82, 2.24) is 10.6 Å². The van der Waals surface area contributed by atoms with Crippen LogP contribution in [0.15, 0.2) is 18.2 Å². The van der Waals surface area contributed by atoms with Crippen LogP contribution < -0.4 is 10.6 Å². The fraction of sp³-hybridized carbons (Fsp3) is 0.417. The van der Waals surface area contributed by atoms with Crippen LogP contribution >= 0.6 is 0 Å². The van der Waals surface area contributed by atoms with E-state index in [2.05, 4.69) is 5.32 Å². The van der Waals surface area contributed by atoms with Gasteiger partial charge in [0.2, 0.25) is 5.91 Å². The lowest BCUT2D eigenvalue weighted by atomic mass is 10.2. The van der Waals surface area contributed by atoms with Gasteiger partial charge in [0, 0.05) is 18.2 Å². The van der Waals surface area contributed by atoms with Crippen LogP contribution in [0.1, 0.15) is 12.5 Å². The van der Waals surface area contributed by atoms with Crippen LogP contribution in [0, 0.1) is 11.6 Å². The fourth-order valence-electron chi connectivity index (χ4n) is 1.36. The van der Waals surface area contributed by atoms with E-state index in [4.69, 9.17) is 0 Å². The molecule has 0 radical (unpaired) electrons. The van der Waals surface area contributed by atoms with Crippen molar-refractivity contribution in [2.24, 2.45) is 0 Å². The Hall–Kier alpha value is -1.70. The third-order valence-electron chi connectivity index (χ3n) is 2.47. The van der Waals surface area contributed by atoms with Gasteiger partial charge in [-0.25, -0.2) is 8.78 Å². The van der Waals surface area contributed by atoms with Crippen molar-refractivity contribution in [3.63, 3.8) is 0 Å². The molecule has 0 aliphatic rings. The van der Waals surface area contributed by atoms with Gasteiger partial charge in [0.15, 0.2) is 0 Å². The summed E-state index contributed by atoms with van der Waals surface area (Å²) in [6, 6.07) is 1.99. The molecule has 0 fully saturated rings. The maximum atomic E-state index is 13.3. The molecule has 2 N–H and O–H groups in total. The van der Waals surface area contributed by atoms with Crippen molar-refractivity contribution < 1.29 is 26.7 Å². The molecule has 1 unspecified atom stereocenters. The molecule has 8 heteroatoms. The average Bonchev–Trinajstić information content (AvgIpc) is 2.33. The zero-order valence-corrected chi connectivity index (χ0v) is 10.5. The highest BCUT2D eigenvalue weighted by Gasteiger charge is 2.28. The number of alkyl halides is 3. The molecule has 112 valence electrons. The first-order valence-electron chi connectivity index (χ1n) is 5.71. The van der Waals surface area contributed by atoms with Gasteiger partial charge in [-0.15, -0.1) is 0 Å². The molecule has 0 saturated heterocycles. The number of hydrogen-bond acceptors (Lipinski definition) is 2. The summed E-state index contributed by atoms with van der Waals surface area (Å²) >= 11 is 0. The molecule has 1 atom stereocenters. The lowest BCUT2D eigenvalue weighted by molar-refractivity contribution is -0.139. The van der Waals surface area contributed by atoms with Crippen molar-refractivity contribution in [2.45, 2.75) is 25.7 Å². The highest BCUT2D eigenvalue weighted by molar-refractivity contribution is 5.81. The third kappa shape index (κ3) is 5.52. The van der Waals surface area contributed by atoms with E-state index in [-0.39, 0.29) is 12.1 Å². The van der Waals surface area contributed by atoms with Gasteiger partial charge in [0.05, 0.1) is 6.04 Å². The summed E-state index contributed by atoms with van der Waals surface area (Å²) in [5, 5.41) is 4.26. The van der Waals surface area contributed by atoms with Gasteiger partial charge in [-0.1, -0.05) is 6.07 Å². The largest absolute Gasteiger partial charge is 0.405 e. The second kappa shape index (κ2) is 6.65. The van der Waals surface area contributed by atoms with E-state index >= 15 is 0 Å². The molecule has 0 spiro atoms. The van der Waals surface area contributed by atoms with Gasteiger partial charge in [0.1, 0.15) is 18.2 Å². The summed E-state index contributed by atoms with van der Waals surface area (Å²) in [6.07, 6.45) is -4.49. The number of amides is 1. The number of hydrogen-bond donors (Lipinski definition) is 2. The normalized spacial score (nSPS) is 13.1. The highest BCUT2D eigenvalue weighted by Crippen LogP contribution is 2.12. The number of benzene rings is 1. The molecular formula is C12H13F5N2O. The first-order chi connectivity index (χ1) is 9.19. The number of carbonyl (C=O) groups excluding carboxylic acids is 1. The molecule has 20 heavy (non-hydrogen) atoms.